The predicted molar refractivity (Wildman–Crippen MR) is 88.2 cm³/mol. The summed E-state index contributed by atoms with van der Waals surface area (Å²) in [5.74, 6) is 0.777. The van der Waals surface area contributed by atoms with Gasteiger partial charge >= 0.3 is 0 Å². The fraction of sp³-hybridized carbons (Fsp3) is 0.533. The van der Waals surface area contributed by atoms with Crippen LogP contribution < -0.4 is 9.30 Å². The molecule has 0 saturated heterocycles. The molecule has 2 rings (SSSR count). The Hall–Kier alpha value is -1.18. The van der Waals surface area contributed by atoms with E-state index in [4.69, 9.17) is 4.74 Å². The Kier molecular flexibility index (Phi) is 5.41. The van der Waals surface area contributed by atoms with E-state index < -0.39 is 15.4 Å². The van der Waals surface area contributed by atoms with Crippen molar-refractivity contribution in [2.75, 3.05) is 7.11 Å². The topological polar surface area (TPSA) is 67.5 Å². The Morgan fingerprint density at radius 2 is 2.09 bits per heavy atom. The number of hydrogen-bond donors (Lipinski definition) is 1. The van der Waals surface area contributed by atoms with Crippen LogP contribution in [0.3, 0.4) is 0 Å². The number of thiazole rings is 1. The lowest BCUT2D eigenvalue weighted by molar-refractivity contribution is -0.673. The summed E-state index contributed by atoms with van der Waals surface area (Å²) in [6.45, 7) is 4.49. The van der Waals surface area contributed by atoms with Crippen molar-refractivity contribution < 1.29 is 22.3 Å². The van der Waals surface area contributed by atoms with Crippen molar-refractivity contribution in [3.8, 4) is 5.75 Å². The van der Waals surface area contributed by atoms with Crippen LogP contribution in [0.25, 0.3) is 10.2 Å². The molecule has 22 heavy (non-hydrogen) atoms. The highest BCUT2D eigenvalue weighted by atomic mass is 32.2. The van der Waals surface area contributed by atoms with Gasteiger partial charge in [0.05, 0.1) is 18.4 Å². The van der Waals surface area contributed by atoms with E-state index in [0.717, 1.165) is 27.4 Å². The highest BCUT2D eigenvalue weighted by Gasteiger charge is 2.26. The lowest BCUT2D eigenvalue weighted by Crippen LogP contribution is -2.38. The van der Waals surface area contributed by atoms with Crippen molar-refractivity contribution in [2.45, 2.75) is 44.9 Å². The Morgan fingerprint density at radius 1 is 1.36 bits per heavy atom. The van der Waals surface area contributed by atoms with Gasteiger partial charge in [0.25, 0.3) is 10.1 Å². The second-order valence-corrected chi connectivity index (χ2v) is 8.25. The van der Waals surface area contributed by atoms with Crippen molar-refractivity contribution in [1.29, 1.82) is 0 Å². The molecule has 1 N–H and O–H groups in total. The predicted octanol–water partition coefficient (Wildman–Crippen LogP) is 2.95. The van der Waals surface area contributed by atoms with Gasteiger partial charge < -0.3 is 4.74 Å². The lowest BCUT2D eigenvalue weighted by atomic mass is 10.2. The molecule has 1 aromatic carbocycles. The van der Waals surface area contributed by atoms with Crippen LogP contribution in [0.15, 0.2) is 18.2 Å². The van der Waals surface area contributed by atoms with Crippen LogP contribution in [0.4, 0.5) is 0 Å². The van der Waals surface area contributed by atoms with E-state index in [9.17, 15) is 13.0 Å². The lowest BCUT2D eigenvalue weighted by Gasteiger charge is -2.10. The molecule has 0 fully saturated rings. The minimum absolute atomic E-state index is 0.404. The number of ether oxygens (including phenoxy) is 1. The van der Waals surface area contributed by atoms with E-state index in [1.54, 1.807) is 18.4 Å². The van der Waals surface area contributed by atoms with Crippen molar-refractivity contribution in [3.05, 3.63) is 23.2 Å². The summed E-state index contributed by atoms with van der Waals surface area (Å²) < 4.78 is 40.8. The van der Waals surface area contributed by atoms with Crippen LogP contribution in [0, 0.1) is 6.92 Å². The first-order valence-electron chi connectivity index (χ1n) is 7.30. The van der Waals surface area contributed by atoms with E-state index in [0.29, 0.717) is 19.4 Å². The Balaban J connectivity index is 2.28. The minimum atomic E-state index is -3.99. The Morgan fingerprint density at radius 3 is 2.68 bits per heavy atom. The van der Waals surface area contributed by atoms with Gasteiger partial charge in [0.15, 0.2) is 6.54 Å². The van der Waals surface area contributed by atoms with Gasteiger partial charge in [-0.25, -0.2) is 0 Å². The van der Waals surface area contributed by atoms with Gasteiger partial charge in [-0.2, -0.15) is 13.0 Å². The molecule has 0 unspecified atom stereocenters. The van der Waals surface area contributed by atoms with Crippen LogP contribution in [-0.2, 0) is 16.7 Å². The normalized spacial score (nSPS) is 13.5. The molecule has 1 atom stereocenters. The van der Waals surface area contributed by atoms with E-state index in [2.05, 4.69) is 4.57 Å². The summed E-state index contributed by atoms with van der Waals surface area (Å²) >= 11 is 1.67. The first kappa shape index (κ1) is 17.2. The standard InChI is InChI=1S/C15H21NO4S2/c1-4-5-13(22(17,18)19)8-9-16-11(2)21-15-7-6-12(20-3)10-14(15)16/h6-7,10,13H,4-5,8-9H2,1-3H3/p+1/t13-/m1/s1. The number of aryl methyl sites for hydroxylation is 2. The maximum atomic E-state index is 11.5. The van der Waals surface area contributed by atoms with Gasteiger partial charge in [0.1, 0.15) is 10.4 Å². The molecule has 0 aliphatic carbocycles. The van der Waals surface area contributed by atoms with Crippen molar-refractivity contribution in [3.63, 3.8) is 0 Å². The molecule has 0 aliphatic heterocycles. The summed E-state index contributed by atoms with van der Waals surface area (Å²) in [7, 11) is -2.37. The largest absolute Gasteiger partial charge is 0.497 e. The second kappa shape index (κ2) is 6.93. The maximum Gasteiger partial charge on any atom is 0.268 e. The van der Waals surface area contributed by atoms with Gasteiger partial charge in [-0.1, -0.05) is 24.7 Å². The van der Waals surface area contributed by atoms with E-state index >= 15 is 0 Å². The minimum Gasteiger partial charge on any atom is -0.497 e. The molecule has 1 heterocycles. The number of rotatable bonds is 7. The molecule has 0 saturated carbocycles. The third kappa shape index (κ3) is 3.77. The zero-order chi connectivity index (χ0) is 16.3. The fourth-order valence-electron chi connectivity index (χ4n) is 2.62. The van der Waals surface area contributed by atoms with E-state index in [1.807, 2.05) is 32.0 Å². The molecule has 0 aliphatic rings. The molecule has 1 aromatic heterocycles. The average Bonchev–Trinajstić information content (AvgIpc) is 2.77. The third-order valence-electron chi connectivity index (χ3n) is 3.80. The summed E-state index contributed by atoms with van der Waals surface area (Å²) in [5.41, 5.74) is 1.03. The van der Waals surface area contributed by atoms with Gasteiger partial charge in [0.2, 0.25) is 10.5 Å². The van der Waals surface area contributed by atoms with Gasteiger partial charge in [-0.15, -0.1) is 0 Å². The highest BCUT2D eigenvalue weighted by molar-refractivity contribution is 7.86. The molecule has 122 valence electrons. The number of aromatic nitrogens is 1. The van der Waals surface area contributed by atoms with Crippen LogP contribution in [0.5, 0.6) is 5.75 Å². The zero-order valence-electron chi connectivity index (χ0n) is 13.1. The number of nitrogens with zero attached hydrogens (tertiary/aromatic N) is 1. The summed E-state index contributed by atoms with van der Waals surface area (Å²) in [6.07, 6.45) is 1.61. The number of hydrogen-bond acceptors (Lipinski definition) is 4. The number of fused-ring (bicyclic) bond motifs is 1. The van der Waals surface area contributed by atoms with Crippen molar-refractivity contribution >= 4 is 31.7 Å². The highest BCUT2D eigenvalue weighted by Crippen LogP contribution is 2.24. The van der Waals surface area contributed by atoms with Crippen LogP contribution in [-0.4, -0.2) is 25.3 Å². The van der Waals surface area contributed by atoms with Crippen molar-refractivity contribution in [2.24, 2.45) is 0 Å². The molecule has 0 radical (unpaired) electrons. The molecule has 0 amide bonds. The number of methoxy groups -OCH3 is 1. The first-order valence-corrected chi connectivity index (χ1v) is 9.62. The van der Waals surface area contributed by atoms with E-state index in [-0.39, 0.29) is 0 Å². The Labute approximate surface area is 135 Å². The van der Waals surface area contributed by atoms with Crippen LogP contribution >= 0.6 is 11.3 Å². The molecule has 0 spiro atoms. The molecular formula is C15H22NO4S2+. The van der Waals surface area contributed by atoms with Crippen LogP contribution in [0.1, 0.15) is 31.2 Å². The maximum absolute atomic E-state index is 11.5. The fourth-order valence-corrected chi connectivity index (χ4v) is 4.59. The second-order valence-electron chi connectivity index (χ2n) is 5.32. The number of benzene rings is 1. The molecular weight excluding hydrogens is 322 g/mol. The molecule has 7 heteroatoms. The third-order valence-corrected chi connectivity index (χ3v) is 6.20. The summed E-state index contributed by atoms with van der Waals surface area (Å²) in [6, 6.07) is 5.89. The summed E-state index contributed by atoms with van der Waals surface area (Å²) in [5, 5.41) is 0.402. The van der Waals surface area contributed by atoms with Crippen molar-refractivity contribution in [1.82, 2.24) is 0 Å². The smallest absolute Gasteiger partial charge is 0.268 e. The SMILES string of the molecule is CCC[C@H](CC[n+]1c(C)sc2ccc(OC)cc21)S(=O)(=O)O. The summed E-state index contributed by atoms with van der Waals surface area (Å²) in [4.78, 5) is 0. The molecule has 0 bridgehead atoms. The first-order chi connectivity index (χ1) is 10.4. The molecule has 2 aromatic rings. The Bertz CT molecular complexity index is 752. The monoisotopic (exact) mass is 344 g/mol. The quantitative estimate of drug-likeness (QED) is 0.619. The molecule has 5 nitrogen and oxygen atoms in total. The van der Waals surface area contributed by atoms with Crippen LogP contribution in [0.2, 0.25) is 0 Å². The average molecular weight is 344 g/mol. The van der Waals surface area contributed by atoms with Gasteiger partial charge in [-0.05, 0) is 18.6 Å². The van der Waals surface area contributed by atoms with E-state index in [1.165, 1.54) is 0 Å². The zero-order valence-corrected chi connectivity index (χ0v) is 14.7. The van der Waals surface area contributed by atoms with Gasteiger partial charge in [0, 0.05) is 13.3 Å². The van der Waals surface area contributed by atoms with Gasteiger partial charge in [-0.3, -0.25) is 4.55 Å².